The van der Waals surface area contributed by atoms with Crippen LogP contribution in [0.25, 0.3) is 0 Å². The van der Waals surface area contributed by atoms with E-state index in [9.17, 15) is 14.4 Å². The second kappa shape index (κ2) is 7.88. The molecule has 0 spiro atoms. The molecule has 6 heteroatoms. The molecule has 126 valence electrons. The number of ketones is 1. The first kappa shape index (κ1) is 17.9. The van der Waals surface area contributed by atoms with Gasteiger partial charge >= 0.3 is 0 Å². The molecule has 2 aromatic rings. The van der Waals surface area contributed by atoms with Crippen LogP contribution in [-0.2, 0) is 9.59 Å². The number of rotatable bonds is 5. The second-order valence-electron chi connectivity index (χ2n) is 5.45. The first-order chi connectivity index (χ1) is 11.9. The van der Waals surface area contributed by atoms with Crippen molar-refractivity contribution < 1.29 is 14.4 Å². The SMILES string of the molecule is CC(=O)c1ccc(N(CC(=O)Nc2ccc(C#N)cc2)C(C)=O)cc1. The van der Waals surface area contributed by atoms with Crippen LogP contribution in [0.2, 0.25) is 0 Å². The summed E-state index contributed by atoms with van der Waals surface area (Å²) in [6.45, 7) is 2.67. The molecule has 0 heterocycles. The van der Waals surface area contributed by atoms with Crippen LogP contribution < -0.4 is 10.2 Å². The molecular weight excluding hydrogens is 318 g/mol. The van der Waals surface area contributed by atoms with Gasteiger partial charge in [0.15, 0.2) is 5.78 Å². The summed E-state index contributed by atoms with van der Waals surface area (Å²) in [4.78, 5) is 36.7. The summed E-state index contributed by atoms with van der Waals surface area (Å²) in [6.07, 6.45) is 0. The molecule has 2 amide bonds. The van der Waals surface area contributed by atoms with Gasteiger partial charge in [0.2, 0.25) is 11.8 Å². The lowest BCUT2D eigenvalue weighted by atomic mass is 10.1. The van der Waals surface area contributed by atoms with Gasteiger partial charge in [0, 0.05) is 23.9 Å². The second-order valence-corrected chi connectivity index (χ2v) is 5.45. The summed E-state index contributed by atoms with van der Waals surface area (Å²) in [5, 5.41) is 11.4. The van der Waals surface area contributed by atoms with Crippen LogP contribution in [0.5, 0.6) is 0 Å². The van der Waals surface area contributed by atoms with Crippen LogP contribution in [0.15, 0.2) is 48.5 Å². The Morgan fingerprint density at radius 2 is 1.60 bits per heavy atom. The number of hydrogen-bond acceptors (Lipinski definition) is 4. The lowest BCUT2D eigenvalue weighted by Gasteiger charge is -2.21. The van der Waals surface area contributed by atoms with E-state index in [1.54, 1.807) is 48.5 Å². The quantitative estimate of drug-likeness (QED) is 0.851. The zero-order valence-corrected chi connectivity index (χ0v) is 13.9. The Balaban J connectivity index is 2.09. The van der Waals surface area contributed by atoms with Crippen molar-refractivity contribution in [3.63, 3.8) is 0 Å². The Morgan fingerprint density at radius 3 is 2.08 bits per heavy atom. The van der Waals surface area contributed by atoms with Crippen LogP contribution in [0.3, 0.4) is 0 Å². The number of nitriles is 1. The van der Waals surface area contributed by atoms with Gasteiger partial charge < -0.3 is 10.2 Å². The molecule has 6 nitrogen and oxygen atoms in total. The molecule has 2 rings (SSSR count). The van der Waals surface area contributed by atoms with Gasteiger partial charge in [-0.3, -0.25) is 14.4 Å². The maximum Gasteiger partial charge on any atom is 0.244 e. The van der Waals surface area contributed by atoms with Gasteiger partial charge in [-0.25, -0.2) is 0 Å². The van der Waals surface area contributed by atoms with Crippen molar-refractivity contribution >= 4 is 29.0 Å². The van der Waals surface area contributed by atoms with Crippen molar-refractivity contribution in [2.75, 3.05) is 16.8 Å². The Hall–Kier alpha value is -3.46. The molecule has 0 aromatic heterocycles. The Morgan fingerprint density at radius 1 is 1.00 bits per heavy atom. The largest absolute Gasteiger partial charge is 0.325 e. The smallest absolute Gasteiger partial charge is 0.244 e. The van der Waals surface area contributed by atoms with E-state index >= 15 is 0 Å². The molecule has 0 saturated carbocycles. The number of carbonyl (C=O) groups is 3. The molecule has 0 saturated heterocycles. The molecule has 0 fully saturated rings. The topological polar surface area (TPSA) is 90.3 Å². The number of anilines is 2. The number of amides is 2. The normalized spacial score (nSPS) is 9.80. The Bertz CT molecular complexity index is 834. The minimum atomic E-state index is -0.365. The first-order valence-corrected chi connectivity index (χ1v) is 7.60. The molecule has 1 N–H and O–H groups in total. The van der Waals surface area contributed by atoms with Crippen LogP contribution in [0, 0.1) is 11.3 Å². The summed E-state index contributed by atoms with van der Waals surface area (Å²) in [7, 11) is 0. The van der Waals surface area contributed by atoms with Gasteiger partial charge in [-0.05, 0) is 55.5 Å². The number of hydrogen-bond donors (Lipinski definition) is 1. The van der Waals surface area contributed by atoms with Crippen molar-refractivity contribution in [2.24, 2.45) is 0 Å². The number of nitrogens with zero attached hydrogens (tertiary/aromatic N) is 2. The van der Waals surface area contributed by atoms with Crippen molar-refractivity contribution in [2.45, 2.75) is 13.8 Å². The van der Waals surface area contributed by atoms with Gasteiger partial charge in [0.25, 0.3) is 0 Å². The number of Topliss-reactive ketones (excluding diaryl/α,β-unsaturated/α-hetero) is 1. The Kier molecular flexibility index (Phi) is 5.64. The van der Waals surface area contributed by atoms with E-state index in [0.29, 0.717) is 22.5 Å². The summed E-state index contributed by atoms with van der Waals surface area (Å²) >= 11 is 0. The van der Waals surface area contributed by atoms with Gasteiger partial charge in [-0.1, -0.05) is 0 Å². The zero-order chi connectivity index (χ0) is 18.4. The molecule has 0 aliphatic rings. The fourth-order valence-electron chi connectivity index (χ4n) is 2.23. The number of benzene rings is 2. The standard InChI is InChI=1S/C19H17N3O3/c1-13(23)16-5-9-18(10-6-16)22(14(2)24)12-19(25)21-17-7-3-15(11-20)4-8-17/h3-10H,12H2,1-2H3,(H,21,25). The summed E-state index contributed by atoms with van der Waals surface area (Å²) < 4.78 is 0. The fraction of sp³-hybridized carbons (Fsp3) is 0.158. The molecule has 0 aliphatic carbocycles. The first-order valence-electron chi connectivity index (χ1n) is 7.60. The average Bonchev–Trinajstić information content (AvgIpc) is 2.60. The minimum Gasteiger partial charge on any atom is -0.325 e. The van der Waals surface area contributed by atoms with E-state index in [2.05, 4.69) is 5.32 Å². The fourth-order valence-corrected chi connectivity index (χ4v) is 2.23. The third-order valence-corrected chi connectivity index (χ3v) is 3.57. The average molecular weight is 335 g/mol. The van der Waals surface area contributed by atoms with Crippen LogP contribution in [0.1, 0.15) is 29.8 Å². The van der Waals surface area contributed by atoms with E-state index in [-0.39, 0.29) is 24.1 Å². The number of carbonyl (C=O) groups excluding carboxylic acids is 3. The van der Waals surface area contributed by atoms with Crippen molar-refractivity contribution in [3.05, 3.63) is 59.7 Å². The lowest BCUT2D eigenvalue weighted by molar-refractivity contribution is -0.120. The predicted octanol–water partition coefficient (Wildman–Crippen LogP) is 2.75. The Labute approximate surface area is 145 Å². The van der Waals surface area contributed by atoms with Crippen LogP contribution >= 0.6 is 0 Å². The van der Waals surface area contributed by atoms with Crippen LogP contribution in [-0.4, -0.2) is 24.1 Å². The van der Waals surface area contributed by atoms with Gasteiger partial charge in [0.05, 0.1) is 11.6 Å². The van der Waals surface area contributed by atoms with E-state index < -0.39 is 0 Å². The van der Waals surface area contributed by atoms with E-state index in [4.69, 9.17) is 5.26 Å². The highest BCUT2D eigenvalue weighted by molar-refractivity contribution is 6.02. The molecule has 25 heavy (non-hydrogen) atoms. The van der Waals surface area contributed by atoms with E-state index in [1.807, 2.05) is 6.07 Å². The van der Waals surface area contributed by atoms with Gasteiger partial charge in [-0.2, -0.15) is 5.26 Å². The third-order valence-electron chi connectivity index (χ3n) is 3.57. The third kappa shape index (κ3) is 4.75. The number of nitrogens with one attached hydrogen (secondary N) is 1. The van der Waals surface area contributed by atoms with Crippen molar-refractivity contribution in [3.8, 4) is 6.07 Å². The van der Waals surface area contributed by atoms with E-state index in [1.165, 1.54) is 18.7 Å². The molecule has 0 radical (unpaired) electrons. The minimum absolute atomic E-state index is 0.0699. The predicted molar refractivity (Wildman–Crippen MR) is 94.3 cm³/mol. The van der Waals surface area contributed by atoms with Gasteiger partial charge in [0.1, 0.15) is 6.54 Å². The lowest BCUT2D eigenvalue weighted by Crippen LogP contribution is -2.36. The maximum absolute atomic E-state index is 12.2. The molecule has 2 aromatic carbocycles. The van der Waals surface area contributed by atoms with Crippen LogP contribution in [0.4, 0.5) is 11.4 Å². The monoisotopic (exact) mass is 335 g/mol. The van der Waals surface area contributed by atoms with E-state index in [0.717, 1.165) is 0 Å². The molecular formula is C19H17N3O3. The maximum atomic E-state index is 12.2. The summed E-state index contributed by atoms with van der Waals surface area (Å²) in [5.41, 5.74) is 2.11. The summed E-state index contributed by atoms with van der Waals surface area (Å²) in [6, 6.07) is 14.9. The van der Waals surface area contributed by atoms with Crippen molar-refractivity contribution in [1.29, 1.82) is 5.26 Å². The zero-order valence-electron chi connectivity index (χ0n) is 13.9. The van der Waals surface area contributed by atoms with Gasteiger partial charge in [-0.15, -0.1) is 0 Å². The highest BCUT2D eigenvalue weighted by atomic mass is 16.2. The summed E-state index contributed by atoms with van der Waals surface area (Å²) in [5.74, 6) is -0.722. The molecule has 0 bridgehead atoms. The highest BCUT2D eigenvalue weighted by Crippen LogP contribution is 2.16. The molecule has 0 atom stereocenters. The molecule has 0 aliphatic heterocycles. The molecule has 0 unspecified atom stereocenters. The highest BCUT2D eigenvalue weighted by Gasteiger charge is 2.16. The van der Waals surface area contributed by atoms with Crippen molar-refractivity contribution in [1.82, 2.24) is 0 Å².